The van der Waals surface area contributed by atoms with E-state index in [0.717, 1.165) is 12.8 Å². The molecular formula is C31H45N3O6. The van der Waals surface area contributed by atoms with Gasteiger partial charge in [-0.1, -0.05) is 39.7 Å². The summed E-state index contributed by atoms with van der Waals surface area (Å²) < 4.78 is 10.6. The molecule has 9 heteroatoms. The first-order valence-corrected chi connectivity index (χ1v) is 13.8. The predicted molar refractivity (Wildman–Crippen MR) is 156 cm³/mol. The average Bonchev–Trinajstić information content (AvgIpc) is 2.87. The summed E-state index contributed by atoms with van der Waals surface area (Å²) in [6.45, 7) is 13.0. The number of nitrogens with zero attached hydrogens (tertiary/aromatic N) is 1. The lowest BCUT2D eigenvalue weighted by atomic mass is 9.97. The Labute approximate surface area is 238 Å². The third-order valence-electron chi connectivity index (χ3n) is 6.34. The summed E-state index contributed by atoms with van der Waals surface area (Å²) in [6.07, 6.45) is 1.75. The van der Waals surface area contributed by atoms with E-state index >= 15 is 0 Å². The lowest BCUT2D eigenvalue weighted by Gasteiger charge is -2.35. The Morgan fingerprint density at radius 2 is 1.68 bits per heavy atom. The van der Waals surface area contributed by atoms with Crippen LogP contribution in [-0.4, -0.2) is 53.2 Å². The van der Waals surface area contributed by atoms with E-state index in [0.29, 0.717) is 35.5 Å². The van der Waals surface area contributed by atoms with Crippen molar-refractivity contribution in [3.63, 3.8) is 0 Å². The molecule has 0 fully saturated rings. The van der Waals surface area contributed by atoms with E-state index in [9.17, 15) is 19.5 Å². The van der Waals surface area contributed by atoms with Gasteiger partial charge in [-0.2, -0.15) is 0 Å². The van der Waals surface area contributed by atoms with Crippen LogP contribution in [0.3, 0.4) is 0 Å². The third kappa shape index (κ3) is 9.47. The number of benzene rings is 2. The van der Waals surface area contributed by atoms with E-state index < -0.39 is 35.6 Å². The molecule has 0 saturated carbocycles. The quantitative estimate of drug-likeness (QED) is 0.278. The lowest BCUT2D eigenvalue weighted by molar-refractivity contribution is -0.141. The zero-order chi connectivity index (χ0) is 30.0. The molecule has 2 unspecified atom stereocenters. The van der Waals surface area contributed by atoms with Crippen LogP contribution in [0.1, 0.15) is 78.0 Å². The van der Waals surface area contributed by atoms with Crippen LogP contribution in [-0.2, 0) is 14.3 Å². The van der Waals surface area contributed by atoms with Gasteiger partial charge in [-0.15, -0.1) is 0 Å². The van der Waals surface area contributed by atoms with E-state index in [1.165, 1.54) is 11.0 Å². The second-order valence-electron chi connectivity index (χ2n) is 11.3. The molecule has 0 bridgehead atoms. The molecule has 0 aliphatic rings. The van der Waals surface area contributed by atoms with Gasteiger partial charge in [0.2, 0.25) is 5.91 Å². The average molecular weight is 556 g/mol. The third-order valence-corrected chi connectivity index (χ3v) is 6.34. The Hall–Kier alpha value is -3.75. The molecule has 3 N–H and O–H groups in total. The number of anilines is 1. The van der Waals surface area contributed by atoms with Crippen molar-refractivity contribution in [1.29, 1.82) is 0 Å². The smallest absolute Gasteiger partial charge is 0.408 e. The molecule has 0 saturated heterocycles. The molecular weight excluding hydrogens is 510 g/mol. The van der Waals surface area contributed by atoms with Crippen LogP contribution in [0, 0.1) is 12.8 Å². The number of alkyl carbamates (subject to hydrolysis) is 1. The van der Waals surface area contributed by atoms with Gasteiger partial charge < -0.3 is 30.1 Å². The number of aromatic hydroxyl groups is 1. The van der Waals surface area contributed by atoms with Crippen molar-refractivity contribution < 1.29 is 29.0 Å². The summed E-state index contributed by atoms with van der Waals surface area (Å²) in [5.74, 6) is -0.348. The number of carbonyl (C=O) groups excluding carboxylic acids is 3. The highest BCUT2D eigenvalue weighted by Crippen LogP contribution is 2.29. The normalized spacial score (nSPS) is 12.8. The number of unbranched alkanes of at least 4 members (excludes halogenated alkanes) is 2. The fourth-order valence-corrected chi connectivity index (χ4v) is 4.23. The van der Waals surface area contributed by atoms with Crippen LogP contribution in [0.25, 0.3) is 0 Å². The van der Waals surface area contributed by atoms with Crippen LogP contribution in [0.5, 0.6) is 11.5 Å². The van der Waals surface area contributed by atoms with Gasteiger partial charge in [0.05, 0.1) is 7.11 Å². The van der Waals surface area contributed by atoms with Crippen molar-refractivity contribution in [3.8, 4) is 11.5 Å². The van der Waals surface area contributed by atoms with Crippen LogP contribution < -0.4 is 15.4 Å². The van der Waals surface area contributed by atoms with Crippen molar-refractivity contribution in [2.45, 2.75) is 85.4 Å². The zero-order valence-corrected chi connectivity index (χ0v) is 25.0. The number of nitrogens with one attached hydrogen (secondary N) is 2. The summed E-state index contributed by atoms with van der Waals surface area (Å²) in [4.78, 5) is 42.3. The minimum absolute atomic E-state index is 0.0913. The van der Waals surface area contributed by atoms with E-state index in [4.69, 9.17) is 9.47 Å². The van der Waals surface area contributed by atoms with Gasteiger partial charge in [0, 0.05) is 12.2 Å². The molecule has 0 aromatic heterocycles. The van der Waals surface area contributed by atoms with Crippen LogP contribution in [0.2, 0.25) is 0 Å². The first kappa shape index (κ1) is 32.5. The molecule has 3 amide bonds. The Morgan fingerprint density at radius 3 is 2.20 bits per heavy atom. The molecule has 40 heavy (non-hydrogen) atoms. The standard InChI is InChI=1S/C31H45N3O6/c1-9-10-11-18-34(29(37)26(20(2)3)33-30(38)40-31(5,6)7)27(22-12-17-25(35)21(4)19-22)28(36)32-23-13-15-24(39-8)16-14-23/h12-17,19-20,26-27,35H,9-11,18H2,1-8H3,(H,32,36)(H,33,38). The lowest BCUT2D eigenvalue weighted by Crippen LogP contribution is -2.54. The van der Waals surface area contributed by atoms with Crippen molar-refractivity contribution in [2.24, 2.45) is 5.92 Å². The van der Waals surface area contributed by atoms with E-state index in [2.05, 4.69) is 17.6 Å². The van der Waals surface area contributed by atoms with Crippen LogP contribution in [0.15, 0.2) is 42.5 Å². The van der Waals surface area contributed by atoms with E-state index in [1.54, 1.807) is 71.2 Å². The molecule has 2 atom stereocenters. The molecule has 0 spiro atoms. The van der Waals surface area contributed by atoms with Crippen molar-refractivity contribution in [1.82, 2.24) is 10.2 Å². The number of carbonyl (C=O) groups is 3. The number of phenols is 1. The molecule has 2 aromatic rings. The SMILES string of the molecule is CCCCCN(C(=O)C(NC(=O)OC(C)(C)C)C(C)C)C(C(=O)Nc1ccc(OC)cc1)c1ccc(O)c(C)c1. The van der Waals surface area contributed by atoms with Gasteiger partial charge in [0.25, 0.3) is 5.91 Å². The second kappa shape index (κ2) is 14.6. The van der Waals surface area contributed by atoms with Gasteiger partial charge in [-0.25, -0.2) is 4.79 Å². The highest BCUT2D eigenvalue weighted by Gasteiger charge is 2.37. The molecule has 0 aliphatic carbocycles. The minimum atomic E-state index is -1.02. The Balaban J connectivity index is 2.55. The number of rotatable bonds is 12. The maximum absolute atomic E-state index is 14.2. The highest BCUT2D eigenvalue weighted by molar-refractivity contribution is 5.99. The molecule has 220 valence electrons. The summed E-state index contributed by atoms with van der Waals surface area (Å²) >= 11 is 0. The van der Waals surface area contributed by atoms with Crippen molar-refractivity contribution >= 4 is 23.6 Å². The summed E-state index contributed by atoms with van der Waals surface area (Å²) in [5, 5.41) is 15.8. The number of amides is 3. The molecule has 9 nitrogen and oxygen atoms in total. The maximum atomic E-state index is 14.2. The zero-order valence-electron chi connectivity index (χ0n) is 25.0. The fraction of sp³-hybridized carbons (Fsp3) is 0.516. The molecule has 0 radical (unpaired) electrons. The monoisotopic (exact) mass is 555 g/mol. The minimum Gasteiger partial charge on any atom is -0.508 e. The Morgan fingerprint density at radius 1 is 1.02 bits per heavy atom. The largest absolute Gasteiger partial charge is 0.508 e. The van der Waals surface area contributed by atoms with Gasteiger partial charge in [-0.05, 0) is 87.6 Å². The summed E-state index contributed by atoms with van der Waals surface area (Å²) in [6, 6.07) is 9.84. The molecule has 2 aromatic carbocycles. The molecule has 0 aliphatic heterocycles. The van der Waals surface area contributed by atoms with Crippen LogP contribution in [0.4, 0.5) is 10.5 Å². The number of ether oxygens (including phenoxy) is 2. The topological polar surface area (TPSA) is 117 Å². The van der Waals surface area contributed by atoms with Crippen molar-refractivity contribution in [3.05, 3.63) is 53.6 Å². The highest BCUT2D eigenvalue weighted by atomic mass is 16.6. The summed E-state index contributed by atoms with van der Waals surface area (Å²) in [5.41, 5.74) is 0.929. The van der Waals surface area contributed by atoms with Gasteiger partial charge in [-0.3, -0.25) is 9.59 Å². The van der Waals surface area contributed by atoms with Crippen LogP contribution >= 0.6 is 0 Å². The Kier molecular flexibility index (Phi) is 11.8. The number of methoxy groups -OCH3 is 1. The Bertz CT molecular complexity index is 1140. The number of hydrogen-bond acceptors (Lipinski definition) is 6. The number of hydrogen-bond donors (Lipinski definition) is 3. The first-order chi connectivity index (χ1) is 18.8. The van der Waals surface area contributed by atoms with Crippen molar-refractivity contribution in [2.75, 3.05) is 19.0 Å². The fourth-order valence-electron chi connectivity index (χ4n) is 4.23. The maximum Gasteiger partial charge on any atom is 0.408 e. The predicted octanol–water partition coefficient (Wildman–Crippen LogP) is 5.96. The van der Waals surface area contributed by atoms with Gasteiger partial charge in [0.15, 0.2) is 0 Å². The van der Waals surface area contributed by atoms with E-state index in [1.807, 2.05) is 13.8 Å². The molecule has 0 heterocycles. The van der Waals surface area contributed by atoms with Gasteiger partial charge >= 0.3 is 6.09 Å². The summed E-state index contributed by atoms with van der Waals surface area (Å²) in [7, 11) is 1.56. The van der Waals surface area contributed by atoms with E-state index in [-0.39, 0.29) is 11.7 Å². The number of phenolic OH excluding ortho intramolecular Hbond substituents is 1. The second-order valence-corrected chi connectivity index (χ2v) is 11.3. The first-order valence-electron chi connectivity index (χ1n) is 13.8. The molecule has 2 rings (SSSR count). The van der Waals surface area contributed by atoms with Gasteiger partial charge in [0.1, 0.15) is 29.2 Å². The number of aryl methyl sites for hydroxylation is 1.